The lowest BCUT2D eigenvalue weighted by atomic mass is 10.6. The van der Waals surface area contributed by atoms with Gasteiger partial charge < -0.3 is 4.90 Å². The number of thioether (sulfide) groups is 2. The maximum Gasteiger partial charge on any atom is 0.137 e. The molecule has 1 nitrogen and oxygen atoms in total. The van der Waals surface area contributed by atoms with Crippen molar-refractivity contribution in [2.75, 3.05) is 19.3 Å². The molecule has 4 heteroatoms. The molecule has 0 aliphatic carbocycles. The normalized spacial score (nSPS) is 12.7. The summed E-state index contributed by atoms with van der Waals surface area (Å²) in [5.41, 5.74) is 0. The van der Waals surface area contributed by atoms with Crippen LogP contribution in [0.3, 0.4) is 0 Å². The lowest BCUT2D eigenvalue weighted by Gasteiger charge is -2.22. The molecule has 0 rings (SSSR count). The fraction of sp³-hybridized carbons (Fsp3) is 0.875. The number of nitrogens with zero attached hydrogens (tertiary/aromatic N) is 1. The predicted molar refractivity (Wildman–Crippen MR) is 66.1 cm³/mol. The Labute approximate surface area is 89.7 Å². The van der Waals surface area contributed by atoms with Crippen LogP contribution in [0.15, 0.2) is 0 Å². The monoisotopic (exact) mass is 223 g/mol. The van der Waals surface area contributed by atoms with Crippen LogP contribution in [-0.4, -0.2) is 33.1 Å². The Bertz CT molecular complexity index is 134. The van der Waals surface area contributed by atoms with Crippen molar-refractivity contribution in [2.24, 2.45) is 0 Å². The van der Waals surface area contributed by atoms with Gasteiger partial charge in [-0.1, -0.05) is 24.0 Å². The number of hydrogen-bond donors (Lipinski definition) is 0. The lowest BCUT2D eigenvalue weighted by Crippen LogP contribution is -2.27. The van der Waals surface area contributed by atoms with Crippen LogP contribution in [0, 0.1) is 0 Å². The molecule has 0 aliphatic heterocycles. The van der Waals surface area contributed by atoms with Crippen molar-refractivity contribution in [3.05, 3.63) is 0 Å². The fourth-order valence-corrected chi connectivity index (χ4v) is 2.97. The van der Waals surface area contributed by atoms with Crippen molar-refractivity contribution < 1.29 is 0 Å². The number of thiocarbonyl (C=S) groups is 1. The van der Waals surface area contributed by atoms with E-state index < -0.39 is 0 Å². The van der Waals surface area contributed by atoms with Crippen LogP contribution in [0.25, 0.3) is 0 Å². The summed E-state index contributed by atoms with van der Waals surface area (Å²) in [6.45, 7) is 8.50. The molecule has 12 heavy (non-hydrogen) atoms. The van der Waals surface area contributed by atoms with Gasteiger partial charge in [-0.05, 0) is 27.0 Å². The van der Waals surface area contributed by atoms with Crippen LogP contribution in [0.1, 0.15) is 20.8 Å². The second-order valence-corrected chi connectivity index (χ2v) is 5.81. The quantitative estimate of drug-likeness (QED) is 0.532. The standard InChI is InChI=1S/C8H17NS3/c1-5-9(6-2)8(10)12-7(3)11-4/h7H,5-6H2,1-4H3. The van der Waals surface area contributed by atoms with E-state index in [0.717, 1.165) is 17.4 Å². The number of rotatable bonds is 4. The Morgan fingerprint density at radius 1 is 1.42 bits per heavy atom. The molecule has 0 fully saturated rings. The molecule has 0 aromatic heterocycles. The maximum absolute atomic E-state index is 5.29. The minimum absolute atomic E-state index is 0.568. The second-order valence-electron chi connectivity index (χ2n) is 2.36. The van der Waals surface area contributed by atoms with Gasteiger partial charge in [0, 0.05) is 13.1 Å². The van der Waals surface area contributed by atoms with E-state index in [-0.39, 0.29) is 0 Å². The van der Waals surface area contributed by atoms with Crippen LogP contribution < -0.4 is 0 Å². The summed E-state index contributed by atoms with van der Waals surface area (Å²) in [5, 5.41) is 0. The zero-order chi connectivity index (χ0) is 9.56. The molecule has 0 saturated carbocycles. The molecule has 0 heterocycles. The van der Waals surface area contributed by atoms with Crippen LogP contribution >= 0.6 is 35.7 Å². The Morgan fingerprint density at radius 3 is 2.25 bits per heavy atom. The first-order valence-corrected chi connectivity index (χ1v) is 6.71. The Morgan fingerprint density at radius 2 is 1.92 bits per heavy atom. The highest BCUT2D eigenvalue weighted by Gasteiger charge is 2.09. The average molecular weight is 223 g/mol. The largest absolute Gasteiger partial charge is 0.358 e. The molecule has 0 amide bonds. The SMILES string of the molecule is CCN(CC)C(=S)SC(C)SC. The van der Waals surface area contributed by atoms with Crippen molar-refractivity contribution in [3.8, 4) is 0 Å². The van der Waals surface area contributed by atoms with E-state index in [1.165, 1.54) is 0 Å². The van der Waals surface area contributed by atoms with Crippen molar-refractivity contribution in [3.63, 3.8) is 0 Å². The van der Waals surface area contributed by atoms with Gasteiger partial charge in [-0.3, -0.25) is 0 Å². The first-order chi connectivity index (χ1) is 5.65. The van der Waals surface area contributed by atoms with Crippen LogP contribution in [0.2, 0.25) is 0 Å². The van der Waals surface area contributed by atoms with Crippen molar-refractivity contribution in [1.82, 2.24) is 4.90 Å². The minimum atomic E-state index is 0.568. The van der Waals surface area contributed by atoms with E-state index >= 15 is 0 Å². The minimum Gasteiger partial charge on any atom is -0.358 e. The van der Waals surface area contributed by atoms with Crippen molar-refractivity contribution in [2.45, 2.75) is 25.4 Å². The molecule has 0 saturated heterocycles. The molecule has 72 valence electrons. The lowest BCUT2D eigenvalue weighted by molar-refractivity contribution is 0.482. The van der Waals surface area contributed by atoms with Crippen LogP contribution in [-0.2, 0) is 0 Å². The first-order valence-electron chi connectivity index (χ1n) is 4.14. The van der Waals surface area contributed by atoms with Gasteiger partial charge in [0.15, 0.2) is 0 Å². The van der Waals surface area contributed by atoms with E-state index in [2.05, 4.69) is 31.9 Å². The molecule has 0 radical (unpaired) electrons. The van der Waals surface area contributed by atoms with Gasteiger partial charge in [0.1, 0.15) is 4.32 Å². The summed E-state index contributed by atoms with van der Waals surface area (Å²) in [6.07, 6.45) is 2.11. The Balaban J connectivity index is 3.84. The van der Waals surface area contributed by atoms with E-state index in [4.69, 9.17) is 12.2 Å². The van der Waals surface area contributed by atoms with Gasteiger partial charge in [-0.25, -0.2) is 0 Å². The highest BCUT2D eigenvalue weighted by atomic mass is 32.2. The summed E-state index contributed by atoms with van der Waals surface area (Å²) >= 11 is 8.91. The van der Waals surface area contributed by atoms with Gasteiger partial charge in [0.25, 0.3) is 0 Å². The topological polar surface area (TPSA) is 3.24 Å². The maximum atomic E-state index is 5.29. The van der Waals surface area contributed by atoms with Gasteiger partial charge in [-0.15, -0.1) is 0 Å². The third-order valence-electron chi connectivity index (χ3n) is 1.62. The molecule has 0 aromatic rings. The smallest absolute Gasteiger partial charge is 0.137 e. The summed E-state index contributed by atoms with van der Waals surface area (Å²) in [7, 11) is 0. The molecular formula is C8H17NS3. The van der Waals surface area contributed by atoms with E-state index in [9.17, 15) is 0 Å². The molecule has 0 aromatic carbocycles. The Hall–Kier alpha value is 0.590. The van der Waals surface area contributed by atoms with Crippen molar-refractivity contribution >= 4 is 40.1 Å². The summed E-state index contributed by atoms with van der Waals surface area (Å²) in [6, 6.07) is 0. The summed E-state index contributed by atoms with van der Waals surface area (Å²) in [5.74, 6) is 0. The van der Waals surface area contributed by atoms with Gasteiger partial charge in [-0.2, -0.15) is 11.8 Å². The van der Waals surface area contributed by atoms with Gasteiger partial charge in [0.05, 0.1) is 4.58 Å². The van der Waals surface area contributed by atoms with E-state index in [1.54, 1.807) is 11.8 Å². The fourth-order valence-electron chi connectivity index (χ4n) is 0.746. The summed E-state index contributed by atoms with van der Waals surface area (Å²) in [4.78, 5) is 2.22. The molecule has 1 atom stereocenters. The first kappa shape index (κ1) is 12.6. The zero-order valence-corrected chi connectivity index (χ0v) is 10.6. The third kappa shape index (κ3) is 4.58. The third-order valence-corrected chi connectivity index (χ3v) is 4.49. The highest BCUT2D eigenvalue weighted by Crippen LogP contribution is 2.23. The van der Waals surface area contributed by atoms with E-state index in [1.807, 2.05) is 11.8 Å². The second kappa shape index (κ2) is 7.04. The van der Waals surface area contributed by atoms with Gasteiger partial charge >= 0.3 is 0 Å². The predicted octanol–water partition coefficient (Wildman–Crippen LogP) is 3.06. The Kier molecular flexibility index (Phi) is 7.38. The van der Waals surface area contributed by atoms with Crippen molar-refractivity contribution in [1.29, 1.82) is 0 Å². The summed E-state index contributed by atoms with van der Waals surface area (Å²) < 4.78 is 1.60. The van der Waals surface area contributed by atoms with Crippen LogP contribution in [0.5, 0.6) is 0 Å². The van der Waals surface area contributed by atoms with Crippen LogP contribution in [0.4, 0.5) is 0 Å². The number of hydrogen-bond acceptors (Lipinski definition) is 3. The molecular weight excluding hydrogens is 206 g/mol. The zero-order valence-electron chi connectivity index (χ0n) is 8.16. The molecule has 0 bridgehead atoms. The highest BCUT2D eigenvalue weighted by molar-refractivity contribution is 8.30. The molecule has 1 unspecified atom stereocenters. The molecule has 0 N–H and O–H groups in total. The van der Waals surface area contributed by atoms with Gasteiger partial charge in [0.2, 0.25) is 0 Å². The van der Waals surface area contributed by atoms with E-state index in [0.29, 0.717) is 4.58 Å². The molecule has 0 aliphatic rings. The molecule has 0 spiro atoms. The average Bonchev–Trinajstić information content (AvgIpc) is 2.06.